The molecule has 1 aromatic rings. The molecule has 0 atom stereocenters. The molecule has 0 aromatic heterocycles. The molecule has 3 nitrogen and oxygen atoms in total. The summed E-state index contributed by atoms with van der Waals surface area (Å²) in [6, 6.07) is 8.39. The zero-order valence-electron chi connectivity index (χ0n) is 9.41. The number of nitrogens with zero attached hydrogens (tertiary/aromatic N) is 1. The number of nitrogens with one attached hydrogen (secondary N) is 1. The molecular formula is C13H17N2O. The first-order valence-electron chi connectivity index (χ1n) is 5.84. The minimum absolute atomic E-state index is 0.559. The van der Waals surface area contributed by atoms with Gasteiger partial charge in [-0.15, -0.1) is 0 Å². The predicted molar refractivity (Wildman–Crippen MR) is 65.0 cm³/mol. The summed E-state index contributed by atoms with van der Waals surface area (Å²) in [6.45, 7) is 2.89. The van der Waals surface area contributed by atoms with Crippen molar-refractivity contribution in [2.45, 2.75) is 25.8 Å². The molecule has 3 heteroatoms. The maximum atomic E-state index is 10.0. The van der Waals surface area contributed by atoms with Crippen LogP contribution in [0, 0.1) is 0 Å². The minimum Gasteiger partial charge on any atom is -0.372 e. The number of amides is 1. The van der Waals surface area contributed by atoms with E-state index in [1.165, 1.54) is 38.0 Å². The Hall–Kier alpha value is -1.51. The fourth-order valence-corrected chi connectivity index (χ4v) is 2.11. The van der Waals surface area contributed by atoms with Crippen molar-refractivity contribution in [3.8, 4) is 0 Å². The van der Waals surface area contributed by atoms with Crippen LogP contribution in [0.25, 0.3) is 0 Å². The highest BCUT2D eigenvalue weighted by molar-refractivity contribution is 5.50. The number of anilines is 1. The number of hydrogen-bond acceptors (Lipinski definition) is 2. The van der Waals surface area contributed by atoms with E-state index in [1.54, 1.807) is 6.41 Å². The highest BCUT2D eigenvalue weighted by Gasteiger charge is 2.10. The molecule has 0 saturated carbocycles. The maximum Gasteiger partial charge on any atom is 0.309 e. The van der Waals surface area contributed by atoms with Crippen LogP contribution >= 0.6 is 0 Å². The van der Waals surface area contributed by atoms with Crippen LogP contribution in [-0.4, -0.2) is 19.5 Å². The molecular weight excluding hydrogens is 200 g/mol. The van der Waals surface area contributed by atoms with Crippen molar-refractivity contribution in [3.05, 3.63) is 29.8 Å². The van der Waals surface area contributed by atoms with Gasteiger partial charge in [-0.2, -0.15) is 0 Å². The molecule has 1 radical (unpaired) electrons. The Labute approximate surface area is 96.5 Å². The summed E-state index contributed by atoms with van der Waals surface area (Å²) in [6.07, 6.45) is 5.63. The van der Waals surface area contributed by atoms with E-state index in [2.05, 4.69) is 34.5 Å². The molecule has 1 amide bonds. The molecule has 85 valence electrons. The van der Waals surface area contributed by atoms with Crippen LogP contribution in [0.3, 0.4) is 0 Å². The van der Waals surface area contributed by atoms with Crippen molar-refractivity contribution in [3.63, 3.8) is 0 Å². The lowest BCUT2D eigenvalue weighted by molar-refractivity contribution is 0.542. The van der Waals surface area contributed by atoms with E-state index in [-0.39, 0.29) is 0 Å². The first kappa shape index (κ1) is 11.0. The van der Waals surface area contributed by atoms with Gasteiger partial charge in [-0.3, -0.25) is 4.79 Å². The highest BCUT2D eigenvalue weighted by atomic mass is 16.1. The number of piperidine rings is 1. The monoisotopic (exact) mass is 217 g/mol. The smallest absolute Gasteiger partial charge is 0.309 e. The Morgan fingerprint density at radius 2 is 1.81 bits per heavy atom. The summed E-state index contributed by atoms with van der Waals surface area (Å²) in [7, 11) is 0. The Morgan fingerprint density at radius 3 is 2.44 bits per heavy atom. The van der Waals surface area contributed by atoms with Crippen molar-refractivity contribution in [1.82, 2.24) is 5.32 Å². The van der Waals surface area contributed by atoms with Crippen LogP contribution in [0.1, 0.15) is 24.8 Å². The van der Waals surface area contributed by atoms with Gasteiger partial charge in [0.2, 0.25) is 0 Å². The molecule has 0 bridgehead atoms. The van der Waals surface area contributed by atoms with E-state index in [1.807, 2.05) is 0 Å². The van der Waals surface area contributed by atoms with Gasteiger partial charge in [-0.05, 0) is 37.0 Å². The van der Waals surface area contributed by atoms with Crippen LogP contribution in [0.5, 0.6) is 0 Å². The van der Waals surface area contributed by atoms with Gasteiger partial charge < -0.3 is 10.2 Å². The van der Waals surface area contributed by atoms with Gasteiger partial charge in [-0.1, -0.05) is 12.1 Å². The fourth-order valence-electron chi connectivity index (χ4n) is 2.11. The zero-order chi connectivity index (χ0) is 11.2. The SMILES string of the molecule is O=[C]NCc1ccc(N2CCCCC2)cc1. The normalized spacial score (nSPS) is 15.9. The Kier molecular flexibility index (Phi) is 3.81. The van der Waals surface area contributed by atoms with Crippen molar-refractivity contribution in [1.29, 1.82) is 0 Å². The molecule has 1 saturated heterocycles. The van der Waals surface area contributed by atoms with E-state index in [0.29, 0.717) is 6.54 Å². The van der Waals surface area contributed by atoms with Crippen LogP contribution < -0.4 is 10.2 Å². The quantitative estimate of drug-likeness (QED) is 0.780. The average Bonchev–Trinajstić information content (AvgIpc) is 2.38. The average molecular weight is 217 g/mol. The first-order valence-corrected chi connectivity index (χ1v) is 5.84. The molecule has 1 aliphatic rings. The van der Waals surface area contributed by atoms with Crippen molar-refractivity contribution in [2.24, 2.45) is 0 Å². The van der Waals surface area contributed by atoms with Gasteiger partial charge >= 0.3 is 6.41 Å². The summed E-state index contributed by atoms with van der Waals surface area (Å²) < 4.78 is 0. The number of rotatable bonds is 4. The Balaban J connectivity index is 1.97. The summed E-state index contributed by atoms with van der Waals surface area (Å²) in [5.74, 6) is 0. The Morgan fingerprint density at radius 1 is 1.12 bits per heavy atom. The van der Waals surface area contributed by atoms with Gasteiger partial charge in [0.25, 0.3) is 0 Å². The van der Waals surface area contributed by atoms with E-state index >= 15 is 0 Å². The second-order valence-corrected chi connectivity index (χ2v) is 4.17. The first-order chi connectivity index (χ1) is 7.90. The third kappa shape index (κ3) is 2.75. The summed E-state index contributed by atoms with van der Waals surface area (Å²) >= 11 is 0. The molecule has 1 aromatic carbocycles. The minimum atomic E-state index is 0.559. The van der Waals surface area contributed by atoms with Crippen molar-refractivity contribution >= 4 is 12.1 Å². The van der Waals surface area contributed by atoms with E-state index in [4.69, 9.17) is 0 Å². The van der Waals surface area contributed by atoms with Crippen molar-refractivity contribution in [2.75, 3.05) is 18.0 Å². The molecule has 16 heavy (non-hydrogen) atoms. The van der Waals surface area contributed by atoms with Crippen LogP contribution in [0.15, 0.2) is 24.3 Å². The van der Waals surface area contributed by atoms with Crippen LogP contribution in [0.4, 0.5) is 5.69 Å². The predicted octanol–water partition coefficient (Wildman–Crippen LogP) is 1.83. The third-order valence-electron chi connectivity index (χ3n) is 3.02. The second-order valence-electron chi connectivity index (χ2n) is 4.17. The van der Waals surface area contributed by atoms with Gasteiger partial charge in [-0.25, -0.2) is 0 Å². The molecule has 0 spiro atoms. The maximum absolute atomic E-state index is 10.0. The molecule has 0 unspecified atom stereocenters. The van der Waals surface area contributed by atoms with E-state index in [0.717, 1.165) is 5.56 Å². The highest BCUT2D eigenvalue weighted by Crippen LogP contribution is 2.19. The summed E-state index contributed by atoms with van der Waals surface area (Å²) in [4.78, 5) is 12.5. The topological polar surface area (TPSA) is 32.3 Å². The largest absolute Gasteiger partial charge is 0.372 e. The van der Waals surface area contributed by atoms with Crippen LogP contribution in [0.2, 0.25) is 0 Å². The molecule has 1 N–H and O–H groups in total. The Bertz CT molecular complexity index is 328. The number of benzene rings is 1. The van der Waals surface area contributed by atoms with Gasteiger partial charge in [0, 0.05) is 25.3 Å². The van der Waals surface area contributed by atoms with Gasteiger partial charge in [0.15, 0.2) is 0 Å². The second kappa shape index (κ2) is 5.54. The lowest BCUT2D eigenvalue weighted by atomic mass is 10.1. The molecule has 2 rings (SSSR count). The number of hydrogen-bond donors (Lipinski definition) is 1. The standard InChI is InChI=1S/C13H17N2O/c16-11-14-10-12-4-6-13(7-5-12)15-8-2-1-3-9-15/h4-7H,1-3,8-10H2,(H,14,16). The van der Waals surface area contributed by atoms with Crippen LogP contribution in [-0.2, 0) is 11.3 Å². The van der Waals surface area contributed by atoms with E-state index < -0.39 is 0 Å². The molecule has 0 aliphatic carbocycles. The van der Waals surface area contributed by atoms with Crippen molar-refractivity contribution < 1.29 is 4.79 Å². The summed E-state index contributed by atoms with van der Waals surface area (Å²) in [5.41, 5.74) is 2.41. The van der Waals surface area contributed by atoms with Gasteiger partial charge in [0.05, 0.1) is 0 Å². The lowest BCUT2D eigenvalue weighted by Crippen LogP contribution is -2.29. The zero-order valence-corrected chi connectivity index (χ0v) is 9.41. The number of carbonyl (C=O) groups excluding carboxylic acids is 1. The van der Waals surface area contributed by atoms with Gasteiger partial charge in [0.1, 0.15) is 0 Å². The lowest BCUT2D eigenvalue weighted by Gasteiger charge is -2.28. The molecule has 1 aliphatic heterocycles. The fraction of sp³-hybridized carbons (Fsp3) is 0.462. The molecule has 1 heterocycles. The van der Waals surface area contributed by atoms with E-state index in [9.17, 15) is 4.79 Å². The third-order valence-corrected chi connectivity index (χ3v) is 3.02. The molecule has 1 fully saturated rings. The summed E-state index contributed by atoms with van der Waals surface area (Å²) in [5, 5.41) is 2.54.